The number of carbonyl (C=O) groups excluding carboxylic acids is 3. The number of carbonyl (C=O) groups is 3. The minimum absolute atomic E-state index is 0.0717. The van der Waals surface area contributed by atoms with Gasteiger partial charge in [0.2, 0.25) is 0 Å². The molecule has 4 fully saturated rings. The largest absolute Gasteiger partial charge is 0.463 e. The van der Waals surface area contributed by atoms with Crippen LogP contribution in [0.3, 0.4) is 0 Å². The molecule has 5 heteroatoms. The topological polar surface area (TPSA) is 69.7 Å². The van der Waals surface area contributed by atoms with Crippen LogP contribution in [-0.4, -0.2) is 29.9 Å². The van der Waals surface area contributed by atoms with Gasteiger partial charge in [-0.2, -0.15) is 0 Å². The summed E-state index contributed by atoms with van der Waals surface area (Å²) in [4.78, 5) is 35.9. The zero-order valence-corrected chi connectivity index (χ0v) is 17.7. The number of fused-ring (bicyclic) bond motifs is 5. The van der Waals surface area contributed by atoms with Crippen LogP contribution < -0.4 is 0 Å². The van der Waals surface area contributed by atoms with E-state index in [1.807, 2.05) is 0 Å². The molecule has 4 aliphatic carbocycles. The smallest absolute Gasteiger partial charge is 0.303 e. The van der Waals surface area contributed by atoms with Gasteiger partial charge in [-0.05, 0) is 80.5 Å². The van der Waals surface area contributed by atoms with Crippen LogP contribution in [0.25, 0.3) is 0 Å². The molecule has 0 unspecified atom stereocenters. The Morgan fingerprint density at radius 1 is 0.893 bits per heavy atom. The van der Waals surface area contributed by atoms with Crippen molar-refractivity contribution in [2.75, 3.05) is 0 Å². The lowest BCUT2D eigenvalue weighted by molar-refractivity contribution is -0.160. The maximum absolute atomic E-state index is 13.1. The van der Waals surface area contributed by atoms with Gasteiger partial charge >= 0.3 is 11.9 Å². The summed E-state index contributed by atoms with van der Waals surface area (Å²) >= 11 is 0. The van der Waals surface area contributed by atoms with Gasteiger partial charge in [0.25, 0.3) is 0 Å². The highest BCUT2D eigenvalue weighted by molar-refractivity contribution is 5.92. The van der Waals surface area contributed by atoms with Crippen molar-refractivity contribution in [1.29, 1.82) is 0 Å². The van der Waals surface area contributed by atoms with Gasteiger partial charge < -0.3 is 9.47 Å². The lowest BCUT2D eigenvalue weighted by Gasteiger charge is -2.60. The number of esters is 2. The van der Waals surface area contributed by atoms with Gasteiger partial charge in [0.05, 0.1) is 0 Å². The van der Waals surface area contributed by atoms with Crippen molar-refractivity contribution in [1.82, 2.24) is 0 Å². The molecule has 0 aromatic carbocycles. The number of ketones is 1. The molecule has 0 bridgehead atoms. The quantitative estimate of drug-likeness (QED) is 0.665. The normalized spacial score (nSPS) is 47.5. The zero-order valence-electron chi connectivity index (χ0n) is 17.7. The maximum Gasteiger partial charge on any atom is 0.303 e. The van der Waals surface area contributed by atoms with Gasteiger partial charge in [-0.3, -0.25) is 14.4 Å². The number of Topliss-reactive ketones (excluding diaryl/α,β-unsaturated/α-hetero) is 1. The lowest BCUT2D eigenvalue weighted by atomic mass is 9.45. The van der Waals surface area contributed by atoms with Crippen LogP contribution in [-0.2, 0) is 23.9 Å². The van der Waals surface area contributed by atoms with Gasteiger partial charge in [-0.15, -0.1) is 0 Å². The third kappa shape index (κ3) is 3.00. The Morgan fingerprint density at radius 3 is 2.29 bits per heavy atom. The summed E-state index contributed by atoms with van der Waals surface area (Å²) in [5.74, 6) is 1.70. The average molecular weight is 391 g/mol. The Balaban J connectivity index is 1.54. The Hall–Kier alpha value is -1.39. The third-order valence-electron chi connectivity index (χ3n) is 8.97. The van der Waals surface area contributed by atoms with Crippen LogP contribution in [0.2, 0.25) is 0 Å². The predicted octanol–water partition coefficient (Wildman–Crippen LogP) is 4.07. The molecule has 0 amide bonds. The van der Waals surface area contributed by atoms with Crippen molar-refractivity contribution in [3.8, 4) is 0 Å². The lowest BCUT2D eigenvalue weighted by Crippen LogP contribution is -2.54. The highest BCUT2D eigenvalue weighted by Gasteiger charge is 2.63. The molecule has 28 heavy (non-hydrogen) atoms. The van der Waals surface area contributed by atoms with Gasteiger partial charge in [0.1, 0.15) is 6.10 Å². The average Bonchev–Trinajstić information content (AvgIpc) is 2.86. The number of rotatable bonds is 2. The Bertz CT molecular complexity index is 686. The minimum atomic E-state index is -0.545. The summed E-state index contributed by atoms with van der Waals surface area (Å²) < 4.78 is 10.9. The first-order chi connectivity index (χ1) is 13.1. The zero-order chi connectivity index (χ0) is 20.3. The van der Waals surface area contributed by atoms with Crippen LogP contribution in [0.15, 0.2) is 0 Å². The molecule has 0 aliphatic heterocycles. The van der Waals surface area contributed by atoms with E-state index in [1.54, 1.807) is 0 Å². The van der Waals surface area contributed by atoms with Crippen molar-refractivity contribution in [2.24, 2.45) is 34.5 Å². The second-order valence-corrected chi connectivity index (χ2v) is 10.3. The maximum atomic E-state index is 13.1. The molecule has 156 valence electrons. The Kier molecular flexibility index (Phi) is 4.86. The van der Waals surface area contributed by atoms with E-state index in [4.69, 9.17) is 9.47 Å². The van der Waals surface area contributed by atoms with Crippen molar-refractivity contribution >= 4 is 17.7 Å². The Labute approximate surface area is 167 Å². The summed E-state index contributed by atoms with van der Waals surface area (Å²) in [5.41, 5.74) is -0.0666. The SMILES string of the molecule is CC(=O)O[C@H]1CC[C@@]2(C)[C@@H](CC[C@@H]3[C@@H]2CC[C@]2(C)C(=O)[C@H](OC(C)=O)C[C@@H]32)C1. The first-order valence-electron chi connectivity index (χ1n) is 11.0. The molecule has 0 aromatic rings. The highest BCUT2D eigenvalue weighted by Crippen LogP contribution is 2.65. The standard InChI is InChI=1S/C23H34O5/c1-13(24)27-16-7-9-22(3)15(11-16)5-6-17-18(22)8-10-23(4)19(17)12-20(21(23)26)28-14(2)25/h15-20H,5-12H2,1-4H3/t15-,16-,17+,18-,19-,20+,22-,23-/m0/s1. The molecular weight excluding hydrogens is 356 g/mol. The van der Waals surface area contributed by atoms with Crippen LogP contribution in [0.1, 0.15) is 79.1 Å². The minimum Gasteiger partial charge on any atom is -0.463 e. The number of ether oxygens (including phenoxy) is 2. The van der Waals surface area contributed by atoms with Crippen molar-refractivity contribution in [2.45, 2.75) is 91.3 Å². The highest BCUT2D eigenvalue weighted by atomic mass is 16.5. The van der Waals surface area contributed by atoms with Gasteiger partial charge in [-0.1, -0.05) is 13.8 Å². The van der Waals surface area contributed by atoms with E-state index in [9.17, 15) is 14.4 Å². The van der Waals surface area contributed by atoms with Gasteiger partial charge in [0.15, 0.2) is 11.9 Å². The second kappa shape index (κ2) is 6.84. The van der Waals surface area contributed by atoms with Crippen molar-refractivity contribution in [3.63, 3.8) is 0 Å². The molecule has 0 N–H and O–H groups in total. The summed E-state index contributed by atoms with van der Waals surface area (Å²) in [7, 11) is 0. The van der Waals surface area contributed by atoms with Crippen LogP contribution in [0.5, 0.6) is 0 Å². The van der Waals surface area contributed by atoms with E-state index in [0.29, 0.717) is 30.1 Å². The molecule has 0 heterocycles. The van der Waals surface area contributed by atoms with E-state index < -0.39 is 6.10 Å². The molecule has 0 radical (unpaired) electrons. The van der Waals surface area contributed by atoms with Gasteiger partial charge in [0, 0.05) is 19.3 Å². The summed E-state index contributed by atoms with van der Waals surface area (Å²) in [5, 5.41) is 0. The molecule has 0 saturated heterocycles. The van der Waals surface area contributed by atoms with E-state index >= 15 is 0 Å². The molecule has 4 rings (SSSR count). The number of hydrogen-bond acceptors (Lipinski definition) is 5. The fourth-order valence-corrected chi connectivity index (χ4v) is 7.63. The van der Waals surface area contributed by atoms with E-state index in [0.717, 1.165) is 44.9 Å². The second-order valence-electron chi connectivity index (χ2n) is 10.3. The van der Waals surface area contributed by atoms with Crippen molar-refractivity contribution < 1.29 is 23.9 Å². The van der Waals surface area contributed by atoms with Crippen LogP contribution in [0, 0.1) is 34.5 Å². The van der Waals surface area contributed by atoms with Gasteiger partial charge in [-0.25, -0.2) is 0 Å². The molecule has 8 atom stereocenters. The van der Waals surface area contributed by atoms with E-state index in [-0.39, 0.29) is 34.7 Å². The predicted molar refractivity (Wildman–Crippen MR) is 103 cm³/mol. The third-order valence-corrected chi connectivity index (χ3v) is 8.97. The molecule has 0 aromatic heterocycles. The van der Waals surface area contributed by atoms with Crippen LogP contribution >= 0.6 is 0 Å². The molecular formula is C23H34O5. The summed E-state index contributed by atoms with van der Waals surface area (Å²) in [6.45, 7) is 7.46. The van der Waals surface area contributed by atoms with Crippen molar-refractivity contribution in [3.05, 3.63) is 0 Å². The molecule has 4 saturated carbocycles. The summed E-state index contributed by atoms with van der Waals surface area (Å²) in [6.07, 6.45) is 7.54. The van der Waals surface area contributed by atoms with E-state index in [2.05, 4.69) is 13.8 Å². The first kappa shape index (κ1) is 19.9. The first-order valence-corrected chi connectivity index (χ1v) is 11.0. The monoisotopic (exact) mass is 390 g/mol. The summed E-state index contributed by atoms with van der Waals surface area (Å²) in [6, 6.07) is 0. The van der Waals surface area contributed by atoms with Crippen LogP contribution in [0.4, 0.5) is 0 Å². The fourth-order valence-electron chi connectivity index (χ4n) is 7.63. The number of hydrogen-bond donors (Lipinski definition) is 0. The molecule has 0 spiro atoms. The molecule has 4 aliphatic rings. The molecule has 5 nitrogen and oxygen atoms in total. The van der Waals surface area contributed by atoms with E-state index in [1.165, 1.54) is 13.8 Å². The Morgan fingerprint density at radius 2 is 1.61 bits per heavy atom. The fraction of sp³-hybridized carbons (Fsp3) is 0.870.